The van der Waals surface area contributed by atoms with Gasteiger partial charge >= 0.3 is 0 Å². The van der Waals surface area contributed by atoms with Gasteiger partial charge in [-0.25, -0.2) is 4.39 Å². The Morgan fingerprint density at radius 1 is 1.19 bits per heavy atom. The fourth-order valence-electron chi connectivity index (χ4n) is 3.00. The van der Waals surface area contributed by atoms with E-state index in [1.54, 1.807) is 6.07 Å². The maximum absolute atomic E-state index is 13.3. The number of rotatable bonds is 4. The van der Waals surface area contributed by atoms with E-state index in [1.807, 2.05) is 18.2 Å². The minimum atomic E-state index is -0.263. The number of likely N-dealkylation sites (tertiary alicyclic amines) is 1. The Hall–Kier alpha value is -0.980. The van der Waals surface area contributed by atoms with E-state index >= 15 is 0 Å². The van der Waals surface area contributed by atoms with Crippen LogP contribution in [0, 0.1) is 11.7 Å². The van der Waals surface area contributed by atoms with Gasteiger partial charge in [-0.15, -0.1) is 0 Å². The first-order chi connectivity index (χ1) is 12.4. The van der Waals surface area contributed by atoms with Crippen molar-refractivity contribution < 1.29 is 9.13 Å². The number of piperidine rings is 1. The molecule has 0 N–H and O–H groups in total. The Labute approximate surface area is 176 Å². The van der Waals surface area contributed by atoms with Gasteiger partial charge in [-0.3, -0.25) is 0 Å². The van der Waals surface area contributed by atoms with Gasteiger partial charge in [0, 0.05) is 18.7 Å². The molecule has 2 nitrogen and oxygen atoms in total. The zero-order valence-corrected chi connectivity index (χ0v) is 18.5. The molecule has 1 heterocycles. The van der Waals surface area contributed by atoms with Gasteiger partial charge < -0.3 is 9.64 Å². The Balaban J connectivity index is 1.72. The fraction of sp³-hybridized carbons (Fsp3) is 0.350. The second-order valence-electron chi connectivity index (χ2n) is 6.66. The van der Waals surface area contributed by atoms with E-state index in [-0.39, 0.29) is 5.82 Å². The van der Waals surface area contributed by atoms with Gasteiger partial charge in [-0.2, -0.15) is 0 Å². The van der Waals surface area contributed by atoms with Crippen molar-refractivity contribution in [2.24, 2.45) is 5.92 Å². The van der Waals surface area contributed by atoms with Gasteiger partial charge in [0.25, 0.3) is 0 Å². The van der Waals surface area contributed by atoms with Crippen LogP contribution in [0.4, 0.5) is 4.39 Å². The molecule has 1 aliphatic rings. The molecule has 0 radical (unpaired) electrons. The number of ether oxygens (including phenoxy) is 1. The Kier molecular flexibility index (Phi) is 6.70. The molecule has 0 spiro atoms. The predicted molar refractivity (Wildman–Crippen MR) is 114 cm³/mol. The Bertz CT molecular complexity index is 783. The second kappa shape index (κ2) is 8.81. The summed E-state index contributed by atoms with van der Waals surface area (Å²) in [6.45, 7) is 4.60. The summed E-state index contributed by atoms with van der Waals surface area (Å²) in [6, 6.07) is 10.4. The van der Waals surface area contributed by atoms with Gasteiger partial charge in [-0.05, 0) is 80.4 Å². The molecule has 1 fully saturated rings. The average molecular weight is 501 g/mol. The molecule has 26 heavy (non-hydrogen) atoms. The first-order valence-electron chi connectivity index (χ1n) is 8.59. The van der Waals surface area contributed by atoms with Crippen LogP contribution in [0.15, 0.2) is 45.3 Å². The van der Waals surface area contributed by atoms with E-state index in [4.69, 9.17) is 17.0 Å². The monoisotopic (exact) mass is 499 g/mol. The molecule has 1 aliphatic heterocycles. The third-order valence-electron chi connectivity index (χ3n) is 4.59. The molecule has 0 bridgehead atoms. The van der Waals surface area contributed by atoms with Crippen LogP contribution in [0.25, 0.3) is 0 Å². The molecule has 138 valence electrons. The highest BCUT2D eigenvalue weighted by Gasteiger charge is 2.20. The molecule has 6 heteroatoms. The minimum Gasteiger partial charge on any atom is -0.487 e. The molecule has 0 aliphatic carbocycles. The highest BCUT2D eigenvalue weighted by molar-refractivity contribution is 9.11. The SMILES string of the molecule is CC1CCN(C(=S)c2cc(Br)c(OCc3cccc(F)c3)c(Br)c2)CC1. The molecular formula is C20H20Br2FNOS. The van der Waals surface area contributed by atoms with E-state index < -0.39 is 0 Å². The molecule has 0 amide bonds. The summed E-state index contributed by atoms with van der Waals surface area (Å²) >= 11 is 12.9. The topological polar surface area (TPSA) is 12.5 Å². The van der Waals surface area contributed by atoms with Gasteiger partial charge in [0.1, 0.15) is 23.2 Å². The summed E-state index contributed by atoms with van der Waals surface area (Å²) in [5.41, 5.74) is 1.78. The molecule has 2 aromatic rings. The van der Waals surface area contributed by atoms with Gasteiger partial charge in [0.15, 0.2) is 0 Å². The van der Waals surface area contributed by atoms with Crippen molar-refractivity contribution in [3.63, 3.8) is 0 Å². The smallest absolute Gasteiger partial charge is 0.148 e. The first-order valence-corrected chi connectivity index (χ1v) is 10.6. The summed E-state index contributed by atoms with van der Waals surface area (Å²) in [6.07, 6.45) is 2.36. The number of nitrogens with zero attached hydrogens (tertiary/aromatic N) is 1. The summed E-state index contributed by atoms with van der Waals surface area (Å²) in [7, 11) is 0. The maximum atomic E-state index is 13.3. The highest BCUT2D eigenvalue weighted by Crippen LogP contribution is 2.36. The van der Waals surface area contributed by atoms with E-state index in [1.165, 1.54) is 25.0 Å². The molecular weight excluding hydrogens is 481 g/mol. The number of hydrogen-bond acceptors (Lipinski definition) is 2. The van der Waals surface area contributed by atoms with Gasteiger partial charge in [-0.1, -0.05) is 31.3 Å². The fourth-order valence-corrected chi connectivity index (χ4v) is 4.71. The summed E-state index contributed by atoms with van der Waals surface area (Å²) in [4.78, 5) is 3.14. The Morgan fingerprint density at radius 2 is 1.85 bits per heavy atom. The minimum absolute atomic E-state index is 0.263. The third-order valence-corrected chi connectivity index (χ3v) is 6.26. The van der Waals surface area contributed by atoms with Crippen molar-refractivity contribution in [2.45, 2.75) is 26.4 Å². The second-order valence-corrected chi connectivity index (χ2v) is 8.76. The third kappa shape index (κ3) is 4.84. The zero-order valence-electron chi connectivity index (χ0n) is 14.5. The normalized spacial score (nSPS) is 15.2. The lowest BCUT2D eigenvalue weighted by Crippen LogP contribution is -2.37. The standard InChI is InChI=1S/C20H20Br2FNOS/c1-13-5-7-24(8-6-13)20(26)15-10-17(21)19(18(22)11-15)25-12-14-3-2-4-16(23)9-14/h2-4,9-11,13H,5-8,12H2,1H3. The number of hydrogen-bond donors (Lipinski definition) is 0. The molecule has 3 rings (SSSR count). The molecule has 0 atom stereocenters. The van der Waals surface area contributed by atoms with Crippen molar-refractivity contribution in [1.82, 2.24) is 4.90 Å². The van der Waals surface area contributed by atoms with Crippen LogP contribution in [0.1, 0.15) is 30.9 Å². The van der Waals surface area contributed by atoms with Crippen molar-refractivity contribution in [3.05, 3.63) is 62.3 Å². The average Bonchev–Trinajstić information content (AvgIpc) is 2.61. The van der Waals surface area contributed by atoms with E-state index in [9.17, 15) is 4.39 Å². The van der Waals surface area contributed by atoms with Crippen LogP contribution < -0.4 is 4.74 Å². The first kappa shape index (κ1) is 19.8. The molecule has 0 saturated carbocycles. The summed E-state index contributed by atoms with van der Waals surface area (Å²) < 4.78 is 20.8. The van der Waals surface area contributed by atoms with Crippen molar-refractivity contribution in [1.29, 1.82) is 0 Å². The van der Waals surface area contributed by atoms with Crippen LogP contribution in [0.3, 0.4) is 0 Å². The van der Waals surface area contributed by atoms with Gasteiger partial charge in [0.05, 0.1) is 8.95 Å². The van der Waals surface area contributed by atoms with Crippen LogP contribution in [0.5, 0.6) is 5.75 Å². The lowest BCUT2D eigenvalue weighted by molar-refractivity contribution is 0.284. The quantitative estimate of drug-likeness (QED) is 0.454. The van der Waals surface area contributed by atoms with Crippen molar-refractivity contribution in [2.75, 3.05) is 13.1 Å². The Morgan fingerprint density at radius 3 is 2.46 bits per heavy atom. The maximum Gasteiger partial charge on any atom is 0.148 e. The number of thiocarbonyl (C=S) groups is 1. The van der Waals surface area contributed by atoms with Crippen LogP contribution in [-0.2, 0) is 6.61 Å². The predicted octanol–water partition coefficient (Wildman–Crippen LogP) is 6.34. The number of halogens is 3. The lowest BCUT2D eigenvalue weighted by atomic mass is 9.99. The van der Waals surface area contributed by atoms with Crippen molar-refractivity contribution >= 4 is 49.1 Å². The molecule has 0 aromatic heterocycles. The van der Waals surface area contributed by atoms with Crippen LogP contribution in [0.2, 0.25) is 0 Å². The highest BCUT2D eigenvalue weighted by atomic mass is 79.9. The van der Waals surface area contributed by atoms with Crippen molar-refractivity contribution in [3.8, 4) is 5.75 Å². The molecule has 1 saturated heterocycles. The lowest BCUT2D eigenvalue weighted by Gasteiger charge is -2.32. The van der Waals surface area contributed by atoms with Crippen LogP contribution >= 0.6 is 44.1 Å². The number of benzene rings is 2. The van der Waals surface area contributed by atoms with E-state index in [0.29, 0.717) is 12.4 Å². The van der Waals surface area contributed by atoms with E-state index in [0.717, 1.165) is 44.1 Å². The van der Waals surface area contributed by atoms with Crippen LogP contribution in [-0.4, -0.2) is 23.0 Å². The van der Waals surface area contributed by atoms with E-state index in [2.05, 4.69) is 43.7 Å². The largest absolute Gasteiger partial charge is 0.487 e. The molecule has 0 unspecified atom stereocenters. The zero-order chi connectivity index (χ0) is 18.7. The summed E-state index contributed by atoms with van der Waals surface area (Å²) in [5.74, 6) is 1.19. The summed E-state index contributed by atoms with van der Waals surface area (Å²) in [5, 5.41) is 0. The molecule has 2 aromatic carbocycles. The van der Waals surface area contributed by atoms with Gasteiger partial charge in [0.2, 0.25) is 0 Å².